The van der Waals surface area contributed by atoms with Crippen LogP contribution in [0.15, 0.2) is 29.2 Å². The molecule has 0 aliphatic heterocycles. The summed E-state index contributed by atoms with van der Waals surface area (Å²) in [5, 5.41) is 0. The lowest BCUT2D eigenvalue weighted by Crippen LogP contribution is -2.28. The van der Waals surface area contributed by atoms with E-state index in [1.54, 1.807) is 11.8 Å². The molecule has 1 aromatic rings. The van der Waals surface area contributed by atoms with E-state index in [9.17, 15) is 0 Å². The Kier molecular flexibility index (Phi) is 3.67. The molecule has 1 aliphatic carbocycles. The molecule has 1 aromatic carbocycles. The van der Waals surface area contributed by atoms with Gasteiger partial charge in [-0.25, -0.2) is 0 Å². The molecule has 0 aromatic heterocycles. The van der Waals surface area contributed by atoms with Gasteiger partial charge in [-0.1, -0.05) is 31.0 Å². The van der Waals surface area contributed by atoms with E-state index < -0.39 is 0 Å². The zero-order valence-electron chi connectivity index (χ0n) is 9.07. The predicted octanol–water partition coefficient (Wildman–Crippen LogP) is 2.71. The lowest BCUT2D eigenvalue weighted by atomic mass is 10.0. The molecule has 0 amide bonds. The van der Waals surface area contributed by atoms with Crippen LogP contribution in [0.4, 0.5) is 0 Å². The van der Waals surface area contributed by atoms with Crippen LogP contribution in [0.2, 0.25) is 0 Å². The monoisotopic (exact) mass is 222 g/mol. The minimum absolute atomic E-state index is 0.321. The van der Waals surface area contributed by atoms with Crippen LogP contribution >= 0.6 is 11.8 Å². The maximum absolute atomic E-state index is 5.65. The molecule has 1 fully saturated rings. The Balaban J connectivity index is 2.15. The van der Waals surface area contributed by atoms with Gasteiger partial charge in [0.1, 0.15) is 0 Å². The van der Waals surface area contributed by atoms with Gasteiger partial charge < -0.3 is 0 Å². The van der Waals surface area contributed by atoms with E-state index in [1.807, 2.05) is 0 Å². The second-order valence-electron chi connectivity index (χ2n) is 4.14. The lowest BCUT2D eigenvalue weighted by Gasteiger charge is -2.18. The van der Waals surface area contributed by atoms with Crippen LogP contribution in [0.25, 0.3) is 0 Å². The van der Waals surface area contributed by atoms with Crippen molar-refractivity contribution in [2.45, 2.75) is 30.2 Å². The number of rotatable bonds is 5. The third kappa shape index (κ3) is 2.74. The van der Waals surface area contributed by atoms with Crippen molar-refractivity contribution in [2.75, 3.05) is 6.26 Å². The van der Waals surface area contributed by atoms with Crippen LogP contribution < -0.4 is 11.3 Å². The zero-order valence-corrected chi connectivity index (χ0v) is 9.89. The fourth-order valence-electron chi connectivity index (χ4n) is 1.93. The molecular formula is C12H18N2S. The van der Waals surface area contributed by atoms with Gasteiger partial charge in [0.15, 0.2) is 0 Å². The van der Waals surface area contributed by atoms with Gasteiger partial charge in [-0.15, -0.1) is 11.8 Å². The van der Waals surface area contributed by atoms with Crippen LogP contribution in [0.1, 0.15) is 30.9 Å². The van der Waals surface area contributed by atoms with Crippen molar-refractivity contribution in [3.05, 3.63) is 29.8 Å². The average Bonchev–Trinajstić information content (AvgIpc) is 3.10. The average molecular weight is 222 g/mol. The Morgan fingerprint density at radius 1 is 1.47 bits per heavy atom. The molecule has 1 unspecified atom stereocenters. The van der Waals surface area contributed by atoms with Crippen LogP contribution in [0, 0.1) is 5.92 Å². The Morgan fingerprint density at radius 2 is 2.20 bits per heavy atom. The highest BCUT2D eigenvalue weighted by atomic mass is 32.2. The molecular weight excluding hydrogens is 204 g/mol. The molecule has 82 valence electrons. The van der Waals surface area contributed by atoms with Crippen molar-refractivity contribution in [3.63, 3.8) is 0 Å². The van der Waals surface area contributed by atoms with E-state index in [-0.39, 0.29) is 0 Å². The fourth-order valence-corrected chi connectivity index (χ4v) is 2.59. The molecule has 2 rings (SSSR count). The summed E-state index contributed by atoms with van der Waals surface area (Å²) < 4.78 is 0. The van der Waals surface area contributed by atoms with Crippen molar-refractivity contribution in [2.24, 2.45) is 11.8 Å². The van der Waals surface area contributed by atoms with E-state index in [2.05, 4.69) is 35.9 Å². The first-order chi connectivity index (χ1) is 7.35. The number of thioether (sulfide) groups is 1. The highest BCUT2D eigenvalue weighted by Gasteiger charge is 2.26. The van der Waals surface area contributed by atoms with Gasteiger partial charge in [0, 0.05) is 10.9 Å². The topological polar surface area (TPSA) is 38.0 Å². The predicted molar refractivity (Wildman–Crippen MR) is 65.6 cm³/mol. The molecule has 15 heavy (non-hydrogen) atoms. The summed E-state index contributed by atoms with van der Waals surface area (Å²) in [5.41, 5.74) is 4.30. The summed E-state index contributed by atoms with van der Waals surface area (Å²) in [7, 11) is 0. The molecule has 0 heterocycles. The highest BCUT2D eigenvalue weighted by molar-refractivity contribution is 7.98. The third-order valence-corrected chi connectivity index (χ3v) is 3.79. The van der Waals surface area contributed by atoms with E-state index in [1.165, 1.54) is 29.7 Å². The highest BCUT2D eigenvalue weighted by Crippen LogP contribution is 2.39. The molecule has 3 heteroatoms. The summed E-state index contributed by atoms with van der Waals surface area (Å²) in [4.78, 5) is 1.33. The molecule has 0 bridgehead atoms. The van der Waals surface area contributed by atoms with E-state index in [0.717, 1.165) is 5.92 Å². The Bertz CT molecular complexity index is 323. The smallest absolute Gasteiger partial charge is 0.0473 e. The number of nitrogens with two attached hydrogens (primary N) is 1. The van der Waals surface area contributed by atoms with Gasteiger partial charge in [-0.05, 0) is 30.2 Å². The molecule has 1 aliphatic rings. The van der Waals surface area contributed by atoms with Crippen molar-refractivity contribution in [3.8, 4) is 0 Å². The van der Waals surface area contributed by atoms with Crippen molar-refractivity contribution < 1.29 is 0 Å². The quantitative estimate of drug-likeness (QED) is 0.457. The van der Waals surface area contributed by atoms with Crippen LogP contribution in [0.3, 0.4) is 0 Å². The van der Waals surface area contributed by atoms with Crippen molar-refractivity contribution in [1.29, 1.82) is 0 Å². The van der Waals surface area contributed by atoms with Crippen LogP contribution in [-0.4, -0.2) is 6.26 Å². The maximum atomic E-state index is 5.65. The number of hydrogen-bond acceptors (Lipinski definition) is 3. The van der Waals surface area contributed by atoms with E-state index in [0.29, 0.717) is 6.04 Å². The second kappa shape index (κ2) is 5.01. The van der Waals surface area contributed by atoms with E-state index in [4.69, 9.17) is 5.84 Å². The first-order valence-electron chi connectivity index (χ1n) is 5.44. The minimum Gasteiger partial charge on any atom is -0.271 e. The number of nitrogens with one attached hydrogen (secondary N) is 1. The van der Waals surface area contributed by atoms with Gasteiger partial charge in [-0.2, -0.15) is 0 Å². The number of hydrazine groups is 1. The molecule has 0 radical (unpaired) electrons. The SMILES string of the molecule is CSc1ccccc1C(CC1CC1)NN. The van der Waals surface area contributed by atoms with Crippen molar-refractivity contribution in [1.82, 2.24) is 5.43 Å². The summed E-state index contributed by atoms with van der Waals surface area (Å²) >= 11 is 1.79. The van der Waals surface area contributed by atoms with Gasteiger partial charge in [0.2, 0.25) is 0 Å². The van der Waals surface area contributed by atoms with Gasteiger partial charge in [0.25, 0.3) is 0 Å². The largest absolute Gasteiger partial charge is 0.271 e. The van der Waals surface area contributed by atoms with Gasteiger partial charge >= 0.3 is 0 Å². The standard InChI is InChI=1S/C12H18N2S/c1-15-12-5-3-2-4-10(12)11(14-13)8-9-6-7-9/h2-5,9,11,14H,6-8,13H2,1H3. The molecule has 2 nitrogen and oxygen atoms in total. The maximum Gasteiger partial charge on any atom is 0.0473 e. The fraction of sp³-hybridized carbons (Fsp3) is 0.500. The Morgan fingerprint density at radius 3 is 2.80 bits per heavy atom. The summed E-state index contributed by atoms with van der Waals surface area (Å²) in [6.07, 6.45) is 6.04. The molecule has 1 atom stereocenters. The minimum atomic E-state index is 0.321. The van der Waals surface area contributed by atoms with Crippen LogP contribution in [-0.2, 0) is 0 Å². The van der Waals surface area contributed by atoms with Gasteiger partial charge in [-0.3, -0.25) is 11.3 Å². The first-order valence-corrected chi connectivity index (χ1v) is 6.66. The summed E-state index contributed by atoms with van der Waals surface area (Å²) in [6.45, 7) is 0. The number of benzene rings is 1. The van der Waals surface area contributed by atoms with Gasteiger partial charge in [0.05, 0.1) is 0 Å². The Hall–Kier alpha value is -0.510. The summed E-state index contributed by atoms with van der Waals surface area (Å²) in [6, 6.07) is 8.84. The molecule has 0 spiro atoms. The lowest BCUT2D eigenvalue weighted by molar-refractivity contribution is 0.481. The Labute approximate surface area is 95.6 Å². The molecule has 3 N–H and O–H groups in total. The van der Waals surface area contributed by atoms with Crippen LogP contribution in [0.5, 0.6) is 0 Å². The number of hydrogen-bond donors (Lipinski definition) is 2. The molecule has 1 saturated carbocycles. The normalized spacial score (nSPS) is 17.7. The van der Waals surface area contributed by atoms with Crippen molar-refractivity contribution >= 4 is 11.8 Å². The molecule has 0 saturated heterocycles. The second-order valence-corrected chi connectivity index (χ2v) is 4.99. The third-order valence-electron chi connectivity index (χ3n) is 2.98. The zero-order chi connectivity index (χ0) is 10.7. The summed E-state index contributed by atoms with van der Waals surface area (Å²) in [5.74, 6) is 6.53. The first kappa shape index (κ1) is 11.0. The van der Waals surface area contributed by atoms with E-state index >= 15 is 0 Å².